The lowest BCUT2D eigenvalue weighted by atomic mass is 9.98. The summed E-state index contributed by atoms with van der Waals surface area (Å²) in [7, 11) is 1.09. The first-order chi connectivity index (χ1) is 8.02. The molecule has 0 bridgehead atoms. The van der Waals surface area contributed by atoms with Crippen molar-refractivity contribution in [1.82, 2.24) is 0 Å². The zero-order chi connectivity index (χ0) is 13.0. The molecule has 0 saturated heterocycles. The van der Waals surface area contributed by atoms with E-state index in [1.165, 1.54) is 18.2 Å². The fourth-order valence-electron chi connectivity index (χ4n) is 1.38. The highest BCUT2D eigenvalue weighted by Gasteiger charge is 2.28. The molecular weight excluding hydrogens is 224 g/mol. The number of hydrogen-bond donors (Lipinski definition) is 3. The summed E-state index contributed by atoms with van der Waals surface area (Å²) in [4.78, 5) is 11.1. The molecule has 6 heteroatoms. The van der Waals surface area contributed by atoms with Gasteiger partial charge in [0.2, 0.25) is 0 Å². The first kappa shape index (κ1) is 13.0. The van der Waals surface area contributed by atoms with Gasteiger partial charge in [0.05, 0.1) is 12.7 Å². The number of nitrogen functional groups attached to an aromatic ring is 1. The third-order valence-corrected chi connectivity index (χ3v) is 2.30. The van der Waals surface area contributed by atoms with E-state index in [-0.39, 0.29) is 16.8 Å². The van der Waals surface area contributed by atoms with Crippen molar-refractivity contribution in [2.75, 3.05) is 12.8 Å². The number of nitrogens with two attached hydrogens (primary N) is 1. The molecule has 0 fully saturated rings. The SMILES string of the molecule is COC(=O)C(O)C(O)c1cccc(N)c1C#N. The van der Waals surface area contributed by atoms with E-state index >= 15 is 0 Å². The summed E-state index contributed by atoms with van der Waals surface area (Å²) < 4.78 is 4.30. The molecule has 0 aliphatic carbocycles. The second kappa shape index (κ2) is 5.30. The standard InChI is InChI=1S/C11H12N2O4/c1-17-11(16)10(15)9(14)6-3-2-4-8(13)7(6)5-12/h2-4,9-10,14-15H,13H2,1H3. The van der Waals surface area contributed by atoms with Gasteiger partial charge in [-0.1, -0.05) is 12.1 Å². The third kappa shape index (κ3) is 2.53. The number of nitriles is 1. The monoisotopic (exact) mass is 236 g/mol. The predicted molar refractivity (Wildman–Crippen MR) is 58.6 cm³/mol. The molecule has 0 aromatic heterocycles. The quantitative estimate of drug-likeness (QED) is 0.490. The van der Waals surface area contributed by atoms with Crippen LogP contribution in [0.4, 0.5) is 5.69 Å². The maximum atomic E-state index is 11.1. The van der Waals surface area contributed by atoms with Crippen molar-refractivity contribution in [2.45, 2.75) is 12.2 Å². The number of aliphatic hydroxyl groups is 2. The normalized spacial score (nSPS) is 13.5. The number of benzene rings is 1. The van der Waals surface area contributed by atoms with Crippen LogP contribution >= 0.6 is 0 Å². The Morgan fingerprint density at radius 3 is 2.71 bits per heavy atom. The first-order valence-corrected chi connectivity index (χ1v) is 4.75. The summed E-state index contributed by atoms with van der Waals surface area (Å²) in [6.07, 6.45) is -3.31. The summed E-state index contributed by atoms with van der Waals surface area (Å²) in [5, 5.41) is 28.1. The van der Waals surface area contributed by atoms with Crippen LogP contribution in [0.5, 0.6) is 0 Å². The Hall–Kier alpha value is -2.10. The van der Waals surface area contributed by atoms with Crippen LogP contribution in [-0.4, -0.2) is 29.4 Å². The van der Waals surface area contributed by atoms with Crippen molar-refractivity contribution in [3.8, 4) is 6.07 Å². The molecule has 4 N–H and O–H groups in total. The average molecular weight is 236 g/mol. The maximum absolute atomic E-state index is 11.1. The second-order valence-electron chi connectivity index (χ2n) is 3.34. The molecule has 0 saturated carbocycles. The number of ether oxygens (including phenoxy) is 1. The minimum absolute atomic E-state index is 0.0305. The second-order valence-corrected chi connectivity index (χ2v) is 3.34. The lowest BCUT2D eigenvalue weighted by Gasteiger charge is -2.17. The van der Waals surface area contributed by atoms with Crippen LogP contribution < -0.4 is 5.73 Å². The highest BCUT2D eigenvalue weighted by atomic mass is 16.5. The minimum Gasteiger partial charge on any atom is -0.467 e. The summed E-state index contributed by atoms with van der Waals surface area (Å²) in [6, 6.07) is 6.21. The first-order valence-electron chi connectivity index (χ1n) is 4.75. The van der Waals surface area contributed by atoms with Crippen molar-refractivity contribution >= 4 is 11.7 Å². The molecule has 1 rings (SSSR count). The summed E-state index contributed by atoms with van der Waals surface area (Å²) in [6.45, 7) is 0. The molecule has 90 valence electrons. The van der Waals surface area contributed by atoms with Gasteiger partial charge in [-0.3, -0.25) is 0 Å². The number of esters is 1. The molecule has 1 aromatic carbocycles. The Kier molecular flexibility index (Phi) is 4.04. The van der Waals surface area contributed by atoms with Crippen LogP contribution in [0, 0.1) is 11.3 Å². The molecule has 2 atom stereocenters. The largest absolute Gasteiger partial charge is 0.467 e. The summed E-state index contributed by atoms with van der Waals surface area (Å²) in [5.41, 5.74) is 5.83. The summed E-state index contributed by atoms with van der Waals surface area (Å²) >= 11 is 0. The van der Waals surface area contributed by atoms with E-state index in [1.807, 2.05) is 6.07 Å². The molecule has 0 heterocycles. The molecule has 0 spiro atoms. The maximum Gasteiger partial charge on any atom is 0.337 e. The van der Waals surface area contributed by atoms with E-state index in [0.717, 1.165) is 7.11 Å². The Labute approximate surface area is 97.9 Å². The molecule has 2 unspecified atom stereocenters. The molecule has 17 heavy (non-hydrogen) atoms. The Bertz CT molecular complexity index is 467. The molecule has 0 amide bonds. The van der Waals surface area contributed by atoms with E-state index < -0.39 is 18.2 Å². The number of hydrogen-bond acceptors (Lipinski definition) is 6. The van der Waals surface area contributed by atoms with Crippen molar-refractivity contribution in [3.63, 3.8) is 0 Å². The number of carbonyl (C=O) groups is 1. The topological polar surface area (TPSA) is 117 Å². The zero-order valence-corrected chi connectivity index (χ0v) is 9.12. The van der Waals surface area contributed by atoms with Crippen LogP contribution in [0.25, 0.3) is 0 Å². The number of methoxy groups -OCH3 is 1. The van der Waals surface area contributed by atoms with Gasteiger partial charge in [0.15, 0.2) is 6.10 Å². The van der Waals surface area contributed by atoms with Gasteiger partial charge in [-0.05, 0) is 6.07 Å². The van der Waals surface area contributed by atoms with Crippen LogP contribution in [0.3, 0.4) is 0 Å². The van der Waals surface area contributed by atoms with Crippen molar-refractivity contribution in [2.24, 2.45) is 0 Å². The highest BCUT2D eigenvalue weighted by Crippen LogP contribution is 2.25. The lowest BCUT2D eigenvalue weighted by Crippen LogP contribution is -2.29. The number of carbonyl (C=O) groups excluding carboxylic acids is 1. The van der Waals surface area contributed by atoms with Gasteiger partial charge >= 0.3 is 5.97 Å². The Morgan fingerprint density at radius 2 is 2.18 bits per heavy atom. The van der Waals surface area contributed by atoms with E-state index in [1.54, 1.807) is 0 Å². The van der Waals surface area contributed by atoms with E-state index in [2.05, 4.69) is 4.74 Å². The smallest absolute Gasteiger partial charge is 0.337 e. The number of rotatable bonds is 3. The van der Waals surface area contributed by atoms with Crippen LogP contribution in [0.1, 0.15) is 17.2 Å². The molecule has 0 aliphatic rings. The number of nitrogens with zero attached hydrogens (tertiary/aromatic N) is 1. The average Bonchev–Trinajstić information content (AvgIpc) is 2.35. The van der Waals surface area contributed by atoms with Gasteiger partial charge in [0.1, 0.15) is 12.2 Å². The van der Waals surface area contributed by atoms with Crippen LogP contribution in [0.15, 0.2) is 18.2 Å². The van der Waals surface area contributed by atoms with E-state index in [9.17, 15) is 15.0 Å². The molecule has 6 nitrogen and oxygen atoms in total. The Balaban J connectivity index is 3.13. The van der Waals surface area contributed by atoms with Crippen molar-refractivity contribution < 1.29 is 19.7 Å². The number of anilines is 1. The lowest BCUT2D eigenvalue weighted by molar-refractivity contribution is -0.156. The number of aliphatic hydroxyl groups excluding tert-OH is 2. The fourth-order valence-corrected chi connectivity index (χ4v) is 1.38. The Morgan fingerprint density at radius 1 is 1.53 bits per heavy atom. The van der Waals surface area contributed by atoms with Gasteiger partial charge in [-0.15, -0.1) is 0 Å². The summed E-state index contributed by atoms with van der Waals surface area (Å²) in [5.74, 6) is -0.983. The van der Waals surface area contributed by atoms with Gasteiger partial charge < -0.3 is 20.7 Å². The van der Waals surface area contributed by atoms with Crippen molar-refractivity contribution in [3.05, 3.63) is 29.3 Å². The fraction of sp³-hybridized carbons (Fsp3) is 0.273. The van der Waals surface area contributed by atoms with Gasteiger partial charge in [0.25, 0.3) is 0 Å². The van der Waals surface area contributed by atoms with E-state index in [0.29, 0.717) is 0 Å². The van der Waals surface area contributed by atoms with Crippen molar-refractivity contribution in [1.29, 1.82) is 5.26 Å². The van der Waals surface area contributed by atoms with Crippen LogP contribution in [-0.2, 0) is 9.53 Å². The van der Waals surface area contributed by atoms with E-state index in [4.69, 9.17) is 11.0 Å². The molecule has 0 radical (unpaired) electrons. The van der Waals surface area contributed by atoms with Crippen LogP contribution in [0.2, 0.25) is 0 Å². The van der Waals surface area contributed by atoms with Gasteiger partial charge in [-0.2, -0.15) is 5.26 Å². The molecule has 1 aromatic rings. The molecule has 0 aliphatic heterocycles. The highest BCUT2D eigenvalue weighted by molar-refractivity contribution is 5.75. The molecular formula is C11H12N2O4. The zero-order valence-electron chi connectivity index (χ0n) is 9.12. The van der Waals surface area contributed by atoms with Gasteiger partial charge in [-0.25, -0.2) is 4.79 Å². The van der Waals surface area contributed by atoms with Gasteiger partial charge in [0, 0.05) is 11.3 Å². The minimum atomic E-state index is -1.76. The predicted octanol–water partition coefficient (Wildman–Crippen LogP) is -0.292. The third-order valence-electron chi connectivity index (χ3n) is 2.30.